The third-order valence-electron chi connectivity index (χ3n) is 3.89. The van der Waals surface area contributed by atoms with E-state index in [1.165, 1.54) is 7.11 Å². The van der Waals surface area contributed by atoms with Gasteiger partial charge < -0.3 is 30.8 Å². The highest BCUT2D eigenvalue weighted by Gasteiger charge is 2.24. The number of carbonyl (C=O) groups is 1. The topological polar surface area (TPSA) is 129 Å². The van der Waals surface area contributed by atoms with Gasteiger partial charge in [-0.2, -0.15) is 0 Å². The molecule has 1 aromatic carbocycles. The van der Waals surface area contributed by atoms with E-state index in [9.17, 15) is 20.1 Å². The summed E-state index contributed by atoms with van der Waals surface area (Å²) in [5.74, 6) is -0.553. The second kappa shape index (κ2) is 7.91. The lowest BCUT2D eigenvalue weighted by atomic mass is 9.92. The highest BCUT2D eigenvalue weighted by atomic mass is 79.9. The van der Waals surface area contributed by atoms with Crippen LogP contribution in [0.5, 0.6) is 0 Å². The van der Waals surface area contributed by atoms with Crippen molar-refractivity contribution in [2.45, 2.75) is 26.4 Å². The maximum Gasteiger partial charge on any atom is 0.355 e. The van der Waals surface area contributed by atoms with Crippen LogP contribution in [0, 0.1) is 0 Å². The van der Waals surface area contributed by atoms with Crippen LogP contribution in [0.25, 0.3) is 11.1 Å². The number of benzene rings is 1. The molecule has 0 aliphatic rings. The molecule has 8 heteroatoms. The Balaban J connectivity index is 2.77. The van der Waals surface area contributed by atoms with Crippen LogP contribution in [0.2, 0.25) is 0 Å². The molecule has 1 aromatic heterocycles. The van der Waals surface area contributed by atoms with Crippen LogP contribution in [-0.4, -0.2) is 33.4 Å². The minimum atomic E-state index is -0.553. The third-order valence-corrected chi connectivity index (χ3v) is 4.69. The number of carbonyl (C=O) groups excluding carboxylic acids is 1. The Morgan fingerprint density at radius 1 is 1.21 bits per heavy atom. The van der Waals surface area contributed by atoms with E-state index in [1.807, 2.05) is 0 Å². The monoisotopic (exact) mass is 398 g/mol. The maximum atomic E-state index is 11.9. The van der Waals surface area contributed by atoms with Crippen molar-refractivity contribution in [2.24, 2.45) is 5.73 Å². The molecule has 24 heavy (non-hydrogen) atoms. The van der Waals surface area contributed by atoms with Crippen LogP contribution >= 0.6 is 15.9 Å². The Labute approximate surface area is 147 Å². The van der Waals surface area contributed by atoms with E-state index in [0.717, 1.165) is 0 Å². The van der Waals surface area contributed by atoms with Gasteiger partial charge in [0.25, 0.3) is 0 Å². The fourth-order valence-electron chi connectivity index (χ4n) is 2.70. The summed E-state index contributed by atoms with van der Waals surface area (Å²) < 4.78 is 5.20. The van der Waals surface area contributed by atoms with Crippen molar-refractivity contribution in [1.82, 2.24) is 4.98 Å². The number of nitrogens with two attached hydrogens (primary N) is 1. The molecular weight excluding hydrogens is 380 g/mol. The van der Waals surface area contributed by atoms with Crippen molar-refractivity contribution in [3.05, 3.63) is 44.7 Å². The Morgan fingerprint density at radius 2 is 1.88 bits per heavy atom. The first-order chi connectivity index (χ1) is 11.5. The first kappa shape index (κ1) is 18.6. The number of methoxy groups -OCH3 is 1. The Morgan fingerprint density at radius 3 is 2.38 bits per heavy atom. The molecule has 130 valence electrons. The van der Waals surface area contributed by atoms with Gasteiger partial charge in [0.15, 0.2) is 0 Å². The van der Waals surface area contributed by atoms with E-state index in [0.29, 0.717) is 38.0 Å². The molecule has 0 spiro atoms. The van der Waals surface area contributed by atoms with Gasteiger partial charge in [-0.1, -0.05) is 12.1 Å². The summed E-state index contributed by atoms with van der Waals surface area (Å²) in [6, 6.07) is 3.38. The second-order valence-electron chi connectivity index (χ2n) is 5.07. The zero-order valence-corrected chi connectivity index (χ0v) is 14.7. The number of hydrogen-bond donors (Lipinski definition) is 5. The summed E-state index contributed by atoms with van der Waals surface area (Å²) in [5, 5.41) is 28.8. The SMILES string of the molecule is COC(=O)c1[nH]c(CN)c(-c2ccc(CO)c(CO)c2CO)c1Br. The number of hydrogen-bond acceptors (Lipinski definition) is 6. The van der Waals surface area contributed by atoms with Gasteiger partial charge in [-0.25, -0.2) is 4.79 Å². The molecule has 0 atom stereocenters. The molecule has 0 aliphatic carbocycles. The van der Waals surface area contributed by atoms with Crippen molar-refractivity contribution in [3.63, 3.8) is 0 Å². The molecular formula is C16H19BrN2O5. The van der Waals surface area contributed by atoms with E-state index in [2.05, 4.69) is 20.9 Å². The first-order valence-corrected chi connectivity index (χ1v) is 7.98. The van der Waals surface area contributed by atoms with Gasteiger partial charge in [0, 0.05) is 17.8 Å². The van der Waals surface area contributed by atoms with Crippen LogP contribution in [-0.2, 0) is 31.1 Å². The quantitative estimate of drug-likeness (QED) is 0.464. The molecule has 0 radical (unpaired) electrons. The van der Waals surface area contributed by atoms with Gasteiger partial charge in [0.2, 0.25) is 0 Å². The average Bonchev–Trinajstić information content (AvgIpc) is 2.95. The number of nitrogens with one attached hydrogen (secondary N) is 1. The predicted octanol–water partition coefficient (Wildman–Crippen LogP) is 1.17. The number of halogens is 1. The van der Waals surface area contributed by atoms with E-state index in [1.54, 1.807) is 12.1 Å². The maximum absolute atomic E-state index is 11.9. The minimum absolute atomic E-state index is 0.131. The van der Waals surface area contributed by atoms with E-state index in [4.69, 9.17) is 10.5 Å². The molecule has 0 saturated carbocycles. The van der Waals surface area contributed by atoms with E-state index >= 15 is 0 Å². The summed E-state index contributed by atoms with van der Waals surface area (Å²) >= 11 is 3.39. The number of ether oxygens (including phenoxy) is 1. The zero-order valence-electron chi connectivity index (χ0n) is 13.1. The Kier molecular flexibility index (Phi) is 6.14. The normalized spacial score (nSPS) is 10.9. The van der Waals surface area contributed by atoms with Crippen molar-refractivity contribution in [3.8, 4) is 11.1 Å². The summed E-state index contributed by atoms with van der Waals surface area (Å²) in [6.07, 6.45) is 0. The number of esters is 1. The Bertz CT molecular complexity index is 757. The van der Waals surface area contributed by atoms with Gasteiger partial charge in [0.05, 0.1) is 31.4 Å². The van der Waals surface area contributed by atoms with E-state index in [-0.39, 0.29) is 32.1 Å². The Hall–Kier alpha value is -1.71. The highest BCUT2D eigenvalue weighted by molar-refractivity contribution is 9.10. The lowest BCUT2D eigenvalue weighted by Crippen LogP contribution is -2.05. The van der Waals surface area contributed by atoms with Crippen LogP contribution in [0.15, 0.2) is 16.6 Å². The fourth-order valence-corrected chi connectivity index (χ4v) is 3.42. The average molecular weight is 399 g/mol. The van der Waals surface area contributed by atoms with Crippen LogP contribution in [0.3, 0.4) is 0 Å². The molecule has 0 aliphatic heterocycles. The lowest BCUT2D eigenvalue weighted by molar-refractivity contribution is 0.0593. The minimum Gasteiger partial charge on any atom is -0.464 e. The summed E-state index contributed by atoms with van der Waals surface area (Å²) in [7, 11) is 1.27. The molecule has 1 heterocycles. The van der Waals surface area contributed by atoms with Crippen LogP contribution < -0.4 is 5.73 Å². The van der Waals surface area contributed by atoms with Gasteiger partial charge in [-0.3, -0.25) is 0 Å². The van der Waals surface area contributed by atoms with Crippen molar-refractivity contribution in [1.29, 1.82) is 0 Å². The van der Waals surface area contributed by atoms with E-state index < -0.39 is 5.97 Å². The van der Waals surface area contributed by atoms with Crippen molar-refractivity contribution < 1.29 is 24.9 Å². The van der Waals surface area contributed by atoms with Gasteiger partial charge in [-0.05, 0) is 38.2 Å². The number of aliphatic hydroxyl groups excluding tert-OH is 3. The largest absolute Gasteiger partial charge is 0.464 e. The summed E-state index contributed by atoms with van der Waals surface area (Å²) in [4.78, 5) is 14.8. The number of aromatic nitrogens is 1. The number of rotatable bonds is 6. The van der Waals surface area contributed by atoms with Gasteiger partial charge in [-0.15, -0.1) is 0 Å². The first-order valence-electron chi connectivity index (χ1n) is 7.19. The molecule has 0 saturated heterocycles. The second-order valence-corrected chi connectivity index (χ2v) is 5.86. The summed E-state index contributed by atoms with van der Waals surface area (Å²) in [5.41, 5.74) is 9.24. The predicted molar refractivity (Wildman–Crippen MR) is 90.9 cm³/mol. The highest BCUT2D eigenvalue weighted by Crippen LogP contribution is 2.38. The molecule has 2 rings (SSSR count). The fraction of sp³-hybridized carbons (Fsp3) is 0.312. The van der Waals surface area contributed by atoms with Crippen LogP contribution in [0.1, 0.15) is 32.9 Å². The third kappa shape index (κ3) is 3.11. The molecule has 0 unspecified atom stereocenters. The molecule has 0 bridgehead atoms. The number of aromatic amines is 1. The number of H-pyrrole nitrogens is 1. The lowest BCUT2D eigenvalue weighted by Gasteiger charge is -2.16. The molecule has 0 amide bonds. The van der Waals surface area contributed by atoms with Crippen LogP contribution in [0.4, 0.5) is 0 Å². The van der Waals surface area contributed by atoms with Crippen molar-refractivity contribution in [2.75, 3.05) is 7.11 Å². The van der Waals surface area contributed by atoms with Gasteiger partial charge >= 0.3 is 5.97 Å². The smallest absolute Gasteiger partial charge is 0.355 e. The molecule has 0 fully saturated rings. The number of aliphatic hydroxyl groups is 3. The molecule has 6 N–H and O–H groups in total. The van der Waals surface area contributed by atoms with Gasteiger partial charge in [0.1, 0.15) is 5.69 Å². The van der Waals surface area contributed by atoms with Crippen molar-refractivity contribution >= 4 is 21.9 Å². The molecule has 7 nitrogen and oxygen atoms in total. The zero-order chi connectivity index (χ0) is 17.9. The standard InChI is InChI=1S/C16H19BrN2O5/c1-24-16(23)15-14(17)13(12(4-18)19-15)9-3-2-8(5-20)10(6-21)11(9)7-22/h2-3,19-22H,4-7,18H2,1H3. The molecule has 2 aromatic rings. The summed E-state index contributed by atoms with van der Waals surface area (Å²) in [6.45, 7) is -0.793.